The summed E-state index contributed by atoms with van der Waals surface area (Å²) in [4.78, 5) is 13.5. The summed E-state index contributed by atoms with van der Waals surface area (Å²) in [6.07, 6.45) is 5.28. The maximum atomic E-state index is 11.7. The van der Waals surface area contributed by atoms with E-state index in [1.165, 1.54) is 6.08 Å². The first kappa shape index (κ1) is 17.1. The van der Waals surface area contributed by atoms with Gasteiger partial charge in [0.05, 0.1) is 22.8 Å². The molecule has 4 aromatic rings. The smallest absolute Gasteiger partial charge is 0.246 e. The molecule has 0 atom stereocenters. The standard InChI is InChI=1S/C22H19ClN4O/c1-3-20(28)26-11-14(12-26)27-9-8-15-19(27)7-5-16(22(15)23)21-13(2)4-6-18-17(21)10-24-25-18/h3-10,14H,1,11-12H2,2H3,(H,24,25). The summed E-state index contributed by atoms with van der Waals surface area (Å²) in [5.74, 6) is -0.0169. The van der Waals surface area contributed by atoms with Gasteiger partial charge in [0.1, 0.15) is 0 Å². The van der Waals surface area contributed by atoms with Crippen LogP contribution in [0.4, 0.5) is 0 Å². The predicted molar refractivity (Wildman–Crippen MR) is 113 cm³/mol. The molecule has 0 aliphatic carbocycles. The molecule has 2 aromatic carbocycles. The third-order valence-corrected chi connectivity index (χ3v) is 6.09. The molecule has 0 radical (unpaired) electrons. The van der Waals surface area contributed by atoms with E-state index >= 15 is 0 Å². The van der Waals surface area contributed by atoms with Gasteiger partial charge in [-0.25, -0.2) is 0 Å². The summed E-state index contributed by atoms with van der Waals surface area (Å²) < 4.78 is 2.21. The molecular formula is C22H19ClN4O. The van der Waals surface area contributed by atoms with E-state index in [0.717, 1.165) is 43.5 Å². The van der Waals surface area contributed by atoms with E-state index in [2.05, 4.69) is 58.7 Å². The van der Waals surface area contributed by atoms with Gasteiger partial charge in [-0.2, -0.15) is 5.10 Å². The van der Waals surface area contributed by atoms with Crippen molar-refractivity contribution in [3.05, 3.63) is 66.0 Å². The number of aryl methyl sites for hydroxylation is 1. The van der Waals surface area contributed by atoms with Crippen molar-refractivity contribution in [2.45, 2.75) is 13.0 Å². The summed E-state index contributed by atoms with van der Waals surface area (Å²) in [7, 11) is 0. The number of halogens is 1. The number of hydrogen-bond acceptors (Lipinski definition) is 2. The van der Waals surface area contributed by atoms with Crippen molar-refractivity contribution in [3.63, 3.8) is 0 Å². The Hall–Kier alpha value is -3.05. The summed E-state index contributed by atoms with van der Waals surface area (Å²) in [6, 6.07) is 10.7. The number of benzene rings is 2. The molecule has 1 fully saturated rings. The largest absolute Gasteiger partial charge is 0.341 e. The minimum atomic E-state index is -0.0169. The number of aromatic nitrogens is 3. The van der Waals surface area contributed by atoms with Gasteiger partial charge in [-0.1, -0.05) is 30.3 Å². The summed E-state index contributed by atoms with van der Waals surface area (Å²) in [5.41, 5.74) is 5.36. The number of nitrogens with zero attached hydrogens (tertiary/aromatic N) is 3. The maximum absolute atomic E-state index is 11.7. The number of carbonyl (C=O) groups is 1. The van der Waals surface area contributed by atoms with Crippen molar-refractivity contribution in [1.29, 1.82) is 0 Å². The number of nitrogens with one attached hydrogen (secondary N) is 1. The molecule has 0 saturated carbocycles. The number of rotatable bonds is 3. The molecular weight excluding hydrogens is 372 g/mol. The van der Waals surface area contributed by atoms with E-state index in [0.29, 0.717) is 13.1 Å². The van der Waals surface area contributed by atoms with E-state index < -0.39 is 0 Å². The summed E-state index contributed by atoms with van der Waals surface area (Å²) in [5, 5.41) is 10.0. The van der Waals surface area contributed by atoms with Crippen LogP contribution in [0, 0.1) is 6.92 Å². The Kier molecular flexibility index (Phi) is 3.81. The van der Waals surface area contributed by atoms with Crippen molar-refractivity contribution >= 4 is 39.3 Å². The highest BCUT2D eigenvalue weighted by Gasteiger charge is 2.31. The Morgan fingerprint density at radius 2 is 2.07 bits per heavy atom. The highest BCUT2D eigenvalue weighted by Crippen LogP contribution is 2.40. The lowest BCUT2D eigenvalue weighted by atomic mass is 9.96. The molecule has 1 saturated heterocycles. The third kappa shape index (κ3) is 2.39. The van der Waals surface area contributed by atoms with Crippen LogP contribution in [0.3, 0.4) is 0 Å². The summed E-state index contributed by atoms with van der Waals surface area (Å²) in [6.45, 7) is 7.04. The molecule has 1 aliphatic heterocycles. The lowest BCUT2D eigenvalue weighted by Crippen LogP contribution is -2.49. The Morgan fingerprint density at radius 1 is 1.25 bits per heavy atom. The Balaban J connectivity index is 1.58. The number of fused-ring (bicyclic) bond motifs is 2. The van der Waals surface area contributed by atoms with Crippen LogP contribution in [-0.4, -0.2) is 38.7 Å². The maximum Gasteiger partial charge on any atom is 0.246 e. The first-order valence-corrected chi connectivity index (χ1v) is 9.59. The Labute approximate surface area is 167 Å². The molecule has 5 rings (SSSR count). The monoisotopic (exact) mass is 390 g/mol. The molecule has 28 heavy (non-hydrogen) atoms. The van der Waals surface area contributed by atoms with Crippen LogP contribution in [0.25, 0.3) is 32.9 Å². The van der Waals surface area contributed by atoms with Crippen LogP contribution in [0.1, 0.15) is 11.6 Å². The number of carbonyl (C=O) groups excluding carboxylic acids is 1. The molecule has 1 aliphatic rings. The molecule has 5 nitrogen and oxygen atoms in total. The Morgan fingerprint density at radius 3 is 2.86 bits per heavy atom. The van der Waals surface area contributed by atoms with E-state index in [1.54, 1.807) is 4.90 Å². The minimum Gasteiger partial charge on any atom is -0.341 e. The Bertz CT molecular complexity index is 1250. The van der Waals surface area contributed by atoms with Crippen molar-refractivity contribution in [2.75, 3.05) is 13.1 Å². The van der Waals surface area contributed by atoms with E-state index in [-0.39, 0.29) is 11.9 Å². The number of likely N-dealkylation sites (tertiary alicyclic amines) is 1. The topological polar surface area (TPSA) is 53.9 Å². The zero-order chi connectivity index (χ0) is 19.4. The number of amides is 1. The van der Waals surface area contributed by atoms with Gasteiger partial charge in [0, 0.05) is 41.1 Å². The van der Waals surface area contributed by atoms with Gasteiger partial charge in [-0.3, -0.25) is 9.89 Å². The van der Waals surface area contributed by atoms with Gasteiger partial charge >= 0.3 is 0 Å². The molecule has 1 N–H and O–H groups in total. The van der Waals surface area contributed by atoms with Gasteiger partial charge in [-0.15, -0.1) is 0 Å². The average molecular weight is 391 g/mol. The van der Waals surface area contributed by atoms with Crippen LogP contribution in [0.5, 0.6) is 0 Å². The molecule has 0 unspecified atom stereocenters. The number of aromatic amines is 1. The van der Waals surface area contributed by atoms with E-state index in [9.17, 15) is 4.79 Å². The number of hydrogen-bond donors (Lipinski definition) is 1. The quantitative estimate of drug-likeness (QED) is 0.515. The van der Waals surface area contributed by atoms with Crippen LogP contribution in [0.15, 0.2) is 55.4 Å². The van der Waals surface area contributed by atoms with Crippen molar-refractivity contribution in [1.82, 2.24) is 19.7 Å². The van der Waals surface area contributed by atoms with Crippen molar-refractivity contribution in [2.24, 2.45) is 0 Å². The van der Waals surface area contributed by atoms with E-state index in [4.69, 9.17) is 11.6 Å². The summed E-state index contributed by atoms with van der Waals surface area (Å²) >= 11 is 6.87. The molecule has 0 spiro atoms. The molecule has 1 amide bonds. The molecule has 140 valence electrons. The first-order valence-electron chi connectivity index (χ1n) is 9.22. The third-order valence-electron chi connectivity index (χ3n) is 5.68. The normalized spacial score (nSPS) is 14.6. The van der Waals surface area contributed by atoms with Gasteiger partial charge in [0.2, 0.25) is 5.91 Å². The second-order valence-electron chi connectivity index (χ2n) is 7.27. The molecule has 2 aromatic heterocycles. The lowest BCUT2D eigenvalue weighted by Gasteiger charge is -2.39. The van der Waals surface area contributed by atoms with Gasteiger partial charge in [-0.05, 0) is 42.3 Å². The van der Waals surface area contributed by atoms with Gasteiger partial charge in [0.25, 0.3) is 0 Å². The fourth-order valence-corrected chi connectivity index (χ4v) is 4.45. The SMILES string of the molecule is C=CC(=O)N1CC(n2ccc3c(Cl)c(-c4c(C)ccc5[nH]ncc45)ccc32)C1. The second kappa shape index (κ2) is 6.24. The molecule has 3 heterocycles. The van der Waals surface area contributed by atoms with Crippen molar-refractivity contribution < 1.29 is 4.79 Å². The lowest BCUT2D eigenvalue weighted by molar-refractivity contribution is -0.131. The fourth-order valence-electron chi connectivity index (χ4n) is 4.14. The molecule has 6 heteroatoms. The van der Waals surface area contributed by atoms with Crippen LogP contribution in [0.2, 0.25) is 5.02 Å². The van der Waals surface area contributed by atoms with Crippen LogP contribution < -0.4 is 0 Å². The first-order chi connectivity index (χ1) is 13.6. The van der Waals surface area contributed by atoms with E-state index in [1.807, 2.05) is 12.3 Å². The second-order valence-corrected chi connectivity index (χ2v) is 7.65. The minimum absolute atomic E-state index is 0.0169. The zero-order valence-corrected chi connectivity index (χ0v) is 16.2. The molecule has 0 bridgehead atoms. The van der Waals surface area contributed by atoms with Gasteiger partial charge in [0.15, 0.2) is 0 Å². The van der Waals surface area contributed by atoms with Crippen LogP contribution >= 0.6 is 11.6 Å². The van der Waals surface area contributed by atoms with Crippen LogP contribution in [-0.2, 0) is 4.79 Å². The highest BCUT2D eigenvalue weighted by atomic mass is 35.5. The highest BCUT2D eigenvalue weighted by molar-refractivity contribution is 6.38. The van der Waals surface area contributed by atoms with Crippen molar-refractivity contribution in [3.8, 4) is 11.1 Å². The average Bonchev–Trinajstić information content (AvgIpc) is 3.29. The zero-order valence-electron chi connectivity index (χ0n) is 15.4. The number of H-pyrrole nitrogens is 1. The fraction of sp³-hybridized carbons (Fsp3) is 0.182. The van der Waals surface area contributed by atoms with Gasteiger partial charge < -0.3 is 9.47 Å². The predicted octanol–water partition coefficient (Wildman–Crippen LogP) is 4.72.